The Labute approximate surface area is 123 Å². The third kappa shape index (κ3) is 3.62. The molecule has 7 nitrogen and oxygen atoms in total. The molecule has 0 spiro atoms. The topological polar surface area (TPSA) is 104 Å². The van der Waals surface area contributed by atoms with Crippen molar-refractivity contribution in [1.82, 2.24) is 15.2 Å². The second-order valence-corrected chi connectivity index (χ2v) is 5.31. The van der Waals surface area contributed by atoms with Crippen molar-refractivity contribution >= 4 is 11.9 Å². The van der Waals surface area contributed by atoms with E-state index in [2.05, 4.69) is 10.6 Å². The summed E-state index contributed by atoms with van der Waals surface area (Å²) in [6.45, 7) is 3.13. The summed E-state index contributed by atoms with van der Waals surface area (Å²) in [5.41, 5.74) is 0.425. The SMILES string of the molecule is CC(O)C(NC(=O)c1cccn1C1CCNCC1)C(=O)O. The third-order valence-electron chi connectivity index (χ3n) is 3.75. The molecule has 0 bridgehead atoms. The lowest BCUT2D eigenvalue weighted by molar-refractivity contribution is -0.141. The molecule has 0 radical (unpaired) electrons. The maximum atomic E-state index is 12.3. The van der Waals surface area contributed by atoms with Crippen LogP contribution in [0.15, 0.2) is 18.3 Å². The molecular weight excluding hydrogens is 274 g/mol. The number of aliphatic hydroxyl groups excluding tert-OH is 1. The first-order valence-corrected chi connectivity index (χ1v) is 7.10. The van der Waals surface area contributed by atoms with Crippen LogP contribution in [0, 0.1) is 0 Å². The molecule has 7 heteroatoms. The number of carboxylic acids is 1. The van der Waals surface area contributed by atoms with Gasteiger partial charge in [0.05, 0.1) is 6.10 Å². The van der Waals surface area contributed by atoms with Gasteiger partial charge in [0.25, 0.3) is 5.91 Å². The van der Waals surface area contributed by atoms with Gasteiger partial charge in [0, 0.05) is 12.2 Å². The van der Waals surface area contributed by atoms with Crippen LogP contribution >= 0.6 is 0 Å². The van der Waals surface area contributed by atoms with Crippen LogP contribution in [-0.4, -0.2) is 51.9 Å². The zero-order valence-electron chi connectivity index (χ0n) is 12.0. The minimum atomic E-state index is -1.31. The lowest BCUT2D eigenvalue weighted by atomic mass is 10.1. The minimum absolute atomic E-state index is 0.233. The summed E-state index contributed by atoms with van der Waals surface area (Å²) in [6.07, 6.45) is 2.53. The van der Waals surface area contributed by atoms with E-state index >= 15 is 0 Å². The molecule has 0 aromatic carbocycles. The summed E-state index contributed by atoms with van der Waals surface area (Å²) in [5, 5.41) is 24.1. The average Bonchev–Trinajstić information content (AvgIpc) is 2.94. The lowest BCUT2D eigenvalue weighted by Gasteiger charge is -2.26. The fourth-order valence-corrected chi connectivity index (χ4v) is 2.59. The summed E-state index contributed by atoms with van der Waals surface area (Å²) in [7, 11) is 0. The summed E-state index contributed by atoms with van der Waals surface area (Å²) in [5.74, 6) is -1.73. The molecule has 2 heterocycles. The number of rotatable bonds is 5. The first-order chi connectivity index (χ1) is 10.0. The largest absolute Gasteiger partial charge is 0.480 e. The number of carbonyl (C=O) groups excluding carboxylic acids is 1. The van der Waals surface area contributed by atoms with E-state index in [0.29, 0.717) is 5.69 Å². The fraction of sp³-hybridized carbons (Fsp3) is 0.571. The van der Waals surface area contributed by atoms with Crippen molar-refractivity contribution in [2.45, 2.75) is 38.0 Å². The van der Waals surface area contributed by atoms with Crippen LogP contribution in [0.25, 0.3) is 0 Å². The molecule has 21 heavy (non-hydrogen) atoms. The van der Waals surface area contributed by atoms with Gasteiger partial charge in [-0.1, -0.05) is 0 Å². The van der Waals surface area contributed by atoms with Crippen LogP contribution in [0.2, 0.25) is 0 Å². The van der Waals surface area contributed by atoms with Gasteiger partial charge in [-0.15, -0.1) is 0 Å². The van der Waals surface area contributed by atoms with E-state index in [-0.39, 0.29) is 6.04 Å². The first kappa shape index (κ1) is 15.5. The Hall–Kier alpha value is -1.86. The summed E-state index contributed by atoms with van der Waals surface area (Å²) in [6, 6.07) is 2.36. The number of carbonyl (C=O) groups is 2. The number of nitrogens with one attached hydrogen (secondary N) is 2. The molecule has 1 fully saturated rings. The number of hydrogen-bond donors (Lipinski definition) is 4. The van der Waals surface area contributed by atoms with E-state index < -0.39 is 24.0 Å². The third-order valence-corrected chi connectivity index (χ3v) is 3.75. The summed E-state index contributed by atoms with van der Waals surface area (Å²) >= 11 is 0. The van der Waals surface area contributed by atoms with E-state index in [1.165, 1.54) is 6.92 Å². The quantitative estimate of drug-likeness (QED) is 0.611. The molecule has 2 atom stereocenters. The summed E-state index contributed by atoms with van der Waals surface area (Å²) < 4.78 is 1.89. The van der Waals surface area contributed by atoms with Gasteiger partial charge in [0.15, 0.2) is 6.04 Å². The van der Waals surface area contributed by atoms with Crippen molar-refractivity contribution in [2.24, 2.45) is 0 Å². The smallest absolute Gasteiger partial charge is 0.328 e. The highest BCUT2D eigenvalue weighted by Gasteiger charge is 2.27. The van der Waals surface area contributed by atoms with Gasteiger partial charge in [0.1, 0.15) is 5.69 Å². The maximum Gasteiger partial charge on any atom is 0.328 e. The Bertz CT molecular complexity index is 506. The zero-order valence-corrected chi connectivity index (χ0v) is 12.0. The number of amides is 1. The van der Waals surface area contributed by atoms with Crippen molar-refractivity contribution < 1.29 is 19.8 Å². The molecule has 1 amide bonds. The van der Waals surface area contributed by atoms with Crippen LogP contribution in [0.5, 0.6) is 0 Å². The molecule has 116 valence electrons. The second-order valence-electron chi connectivity index (χ2n) is 5.31. The predicted molar refractivity (Wildman–Crippen MR) is 76.1 cm³/mol. The molecule has 0 saturated carbocycles. The Balaban J connectivity index is 2.12. The van der Waals surface area contributed by atoms with E-state index in [9.17, 15) is 14.7 Å². The predicted octanol–water partition coefficient (Wildman–Crippen LogP) is -0.0236. The highest BCUT2D eigenvalue weighted by molar-refractivity contribution is 5.95. The molecule has 2 unspecified atom stereocenters. The van der Waals surface area contributed by atoms with Crippen molar-refractivity contribution in [2.75, 3.05) is 13.1 Å². The monoisotopic (exact) mass is 295 g/mol. The molecule has 0 aliphatic carbocycles. The number of aromatic nitrogens is 1. The van der Waals surface area contributed by atoms with E-state index in [1.54, 1.807) is 12.1 Å². The van der Waals surface area contributed by atoms with Crippen molar-refractivity contribution in [1.29, 1.82) is 0 Å². The molecule has 1 aliphatic rings. The van der Waals surface area contributed by atoms with Crippen LogP contribution in [0.3, 0.4) is 0 Å². The number of hydrogen-bond acceptors (Lipinski definition) is 4. The Morgan fingerprint density at radius 3 is 2.67 bits per heavy atom. The number of carboxylic acid groups (broad SMARTS) is 1. The standard InChI is InChI=1S/C14H21N3O4/c1-9(18)12(14(20)21)16-13(19)11-3-2-8-17(11)10-4-6-15-7-5-10/h2-3,8-10,12,15,18H,4-7H2,1H3,(H,16,19)(H,20,21). The first-order valence-electron chi connectivity index (χ1n) is 7.10. The minimum Gasteiger partial charge on any atom is -0.480 e. The van der Waals surface area contributed by atoms with Crippen LogP contribution < -0.4 is 10.6 Å². The number of aliphatic hydroxyl groups is 1. The maximum absolute atomic E-state index is 12.3. The van der Waals surface area contributed by atoms with Crippen LogP contribution in [0.1, 0.15) is 36.3 Å². The van der Waals surface area contributed by atoms with Gasteiger partial charge in [-0.05, 0) is 45.0 Å². The van der Waals surface area contributed by atoms with Crippen molar-refractivity contribution in [3.05, 3.63) is 24.0 Å². The molecule has 4 N–H and O–H groups in total. The molecule has 1 aliphatic heterocycles. The Morgan fingerprint density at radius 1 is 1.43 bits per heavy atom. The molecule has 1 aromatic heterocycles. The Kier molecular flexibility index (Phi) is 4.98. The number of aliphatic carboxylic acids is 1. The number of nitrogens with zero attached hydrogens (tertiary/aromatic N) is 1. The van der Waals surface area contributed by atoms with Gasteiger partial charge >= 0.3 is 5.97 Å². The fourth-order valence-electron chi connectivity index (χ4n) is 2.59. The normalized spacial score (nSPS) is 19.0. The van der Waals surface area contributed by atoms with Crippen LogP contribution in [0.4, 0.5) is 0 Å². The highest BCUT2D eigenvalue weighted by atomic mass is 16.4. The van der Waals surface area contributed by atoms with E-state index in [4.69, 9.17) is 5.11 Å². The van der Waals surface area contributed by atoms with E-state index in [0.717, 1.165) is 25.9 Å². The van der Waals surface area contributed by atoms with E-state index in [1.807, 2.05) is 10.8 Å². The van der Waals surface area contributed by atoms with Gasteiger partial charge in [-0.25, -0.2) is 4.79 Å². The van der Waals surface area contributed by atoms with Gasteiger partial charge < -0.3 is 25.4 Å². The van der Waals surface area contributed by atoms with Gasteiger partial charge in [-0.2, -0.15) is 0 Å². The Morgan fingerprint density at radius 2 is 2.10 bits per heavy atom. The van der Waals surface area contributed by atoms with Crippen LogP contribution in [-0.2, 0) is 4.79 Å². The summed E-state index contributed by atoms with van der Waals surface area (Å²) in [4.78, 5) is 23.3. The molecule has 2 rings (SSSR count). The molecular formula is C14H21N3O4. The van der Waals surface area contributed by atoms with Crippen molar-refractivity contribution in [3.63, 3.8) is 0 Å². The average molecular weight is 295 g/mol. The van der Waals surface area contributed by atoms with Gasteiger partial charge in [0.2, 0.25) is 0 Å². The number of piperidine rings is 1. The zero-order chi connectivity index (χ0) is 15.4. The highest BCUT2D eigenvalue weighted by Crippen LogP contribution is 2.21. The van der Waals surface area contributed by atoms with Gasteiger partial charge in [-0.3, -0.25) is 4.79 Å². The molecule has 1 saturated heterocycles. The lowest BCUT2D eigenvalue weighted by Crippen LogP contribution is -2.48. The second kappa shape index (κ2) is 6.73. The molecule has 1 aromatic rings. The van der Waals surface area contributed by atoms with Crippen molar-refractivity contribution in [3.8, 4) is 0 Å².